The molecule has 1 aliphatic rings. The van der Waals surface area contributed by atoms with E-state index in [1.165, 1.54) is 24.2 Å². The number of nitrogens with two attached hydrogens (primary N) is 1. The summed E-state index contributed by atoms with van der Waals surface area (Å²) < 4.78 is 25.8. The molecule has 1 aliphatic carbocycles. The normalized spacial score (nSPS) is 17.1. The molecule has 0 saturated heterocycles. The molecule has 0 radical (unpaired) electrons. The summed E-state index contributed by atoms with van der Waals surface area (Å²) in [5.74, 6) is 0.296. The van der Waals surface area contributed by atoms with Gasteiger partial charge in [-0.1, -0.05) is 75.8 Å². The Labute approximate surface area is 225 Å². The Morgan fingerprint density at radius 1 is 1.22 bits per heavy atom. The summed E-state index contributed by atoms with van der Waals surface area (Å²) in [5, 5.41) is 10.8. The highest BCUT2D eigenvalue weighted by Gasteiger charge is 2.22. The molecule has 3 rings (SSSR count). The molecule has 204 valence electrons. The lowest BCUT2D eigenvalue weighted by molar-refractivity contribution is 0.146. The van der Waals surface area contributed by atoms with Gasteiger partial charge in [0.15, 0.2) is 0 Å². The van der Waals surface area contributed by atoms with Gasteiger partial charge in [0, 0.05) is 28.5 Å². The van der Waals surface area contributed by atoms with Crippen LogP contribution in [0.2, 0.25) is 0 Å². The smallest absolute Gasteiger partial charge is 0.280 e. The van der Waals surface area contributed by atoms with E-state index in [1.54, 1.807) is 17.4 Å². The van der Waals surface area contributed by atoms with Gasteiger partial charge in [-0.2, -0.15) is 0 Å². The Morgan fingerprint density at radius 2 is 1.95 bits per heavy atom. The summed E-state index contributed by atoms with van der Waals surface area (Å²) in [6.07, 6.45) is 16.8. The summed E-state index contributed by atoms with van der Waals surface area (Å²) in [6.45, 7) is 10.1. The van der Waals surface area contributed by atoms with Crippen molar-refractivity contribution in [3.63, 3.8) is 0 Å². The molecule has 0 fully saturated rings. The number of allylic oxidation sites excluding steroid dienone is 7. The van der Waals surface area contributed by atoms with E-state index in [0.29, 0.717) is 6.42 Å². The van der Waals surface area contributed by atoms with Crippen molar-refractivity contribution in [2.45, 2.75) is 84.7 Å². The van der Waals surface area contributed by atoms with Gasteiger partial charge >= 0.3 is 0 Å². The van der Waals surface area contributed by atoms with Crippen LogP contribution in [0.4, 0.5) is 8.78 Å². The molecule has 3 unspecified atom stereocenters. The van der Waals surface area contributed by atoms with Gasteiger partial charge in [0.25, 0.3) is 6.43 Å². The number of aliphatic hydroxyl groups is 1. The summed E-state index contributed by atoms with van der Waals surface area (Å²) in [7, 11) is 1.50. The lowest BCUT2D eigenvalue weighted by Gasteiger charge is -2.13. The fourth-order valence-electron chi connectivity index (χ4n) is 3.71. The van der Waals surface area contributed by atoms with Gasteiger partial charge in [-0.05, 0) is 51.8 Å². The summed E-state index contributed by atoms with van der Waals surface area (Å²) in [5.41, 5.74) is 7.12. The minimum atomic E-state index is -2.58. The van der Waals surface area contributed by atoms with Crippen LogP contribution in [-0.2, 0) is 0 Å². The number of halogens is 2. The fraction of sp³-hybridized carbons (Fsp3) is 0.467. The minimum Gasteiger partial charge on any atom is -0.393 e. The van der Waals surface area contributed by atoms with Crippen LogP contribution in [0.5, 0.6) is 0 Å². The first-order valence-corrected chi connectivity index (χ1v) is 13.9. The third kappa shape index (κ3) is 10.1. The zero-order valence-corrected chi connectivity index (χ0v) is 23.8. The number of thiazole rings is 1. The van der Waals surface area contributed by atoms with Crippen LogP contribution in [0, 0.1) is 0 Å². The number of nitrogens with zero attached hydrogens (tertiary/aromatic N) is 2. The maximum Gasteiger partial charge on any atom is 0.280 e. The second-order valence-electron chi connectivity index (χ2n) is 8.30. The average Bonchev–Trinajstić information content (AvgIpc) is 3.21. The van der Waals surface area contributed by atoms with E-state index in [0.717, 1.165) is 41.1 Å². The molecular weight excluding hydrogens is 488 g/mol. The van der Waals surface area contributed by atoms with Crippen LogP contribution in [-0.4, -0.2) is 28.2 Å². The van der Waals surface area contributed by atoms with E-state index < -0.39 is 6.43 Å². The lowest BCUT2D eigenvalue weighted by Crippen LogP contribution is -2.05. The molecule has 0 spiro atoms. The Morgan fingerprint density at radius 3 is 2.54 bits per heavy atom. The van der Waals surface area contributed by atoms with Crippen molar-refractivity contribution < 1.29 is 13.9 Å². The number of hydrogen-bond acceptors (Lipinski definition) is 5. The molecule has 7 heteroatoms. The van der Waals surface area contributed by atoms with Gasteiger partial charge in [0.1, 0.15) is 10.7 Å². The van der Waals surface area contributed by atoms with Crippen molar-refractivity contribution in [1.29, 1.82) is 0 Å². The quantitative estimate of drug-likeness (QED) is 0.251. The lowest BCUT2D eigenvalue weighted by atomic mass is 9.95. The fourth-order valence-corrected chi connectivity index (χ4v) is 4.96. The van der Waals surface area contributed by atoms with Crippen molar-refractivity contribution in [3.05, 3.63) is 82.7 Å². The van der Waals surface area contributed by atoms with E-state index in [1.807, 2.05) is 33.8 Å². The Kier molecular flexibility index (Phi) is 15.7. The molecule has 37 heavy (non-hydrogen) atoms. The Hall–Kier alpha value is -2.48. The molecular formula is C30H43F2N3OS. The second kappa shape index (κ2) is 17.9. The maximum absolute atomic E-state index is 12.9. The van der Waals surface area contributed by atoms with Crippen LogP contribution < -0.4 is 5.73 Å². The number of aliphatic hydroxyl groups excluding tert-OH is 1. The van der Waals surface area contributed by atoms with Crippen molar-refractivity contribution in [1.82, 2.24) is 9.97 Å². The van der Waals surface area contributed by atoms with Gasteiger partial charge in [-0.3, -0.25) is 4.98 Å². The Balaban J connectivity index is 0.00000163. The molecule has 0 bridgehead atoms. The zero-order chi connectivity index (χ0) is 27.8. The largest absolute Gasteiger partial charge is 0.393 e. The molecule has 0 saturated carbocycles. The van der Waals surface area contributed by atoms with Crippen LogP contribution in [0.25, 0.3) is 10.6 Å². The molecule has 2 heterocycles. The second-order valence-corrected chi connectivity index (χ2v) is 9.33. The van der Waals surface area contributed by atoms with Crippen molar-refractivity contribution in [2.75, 3.05) is 7.05 Å². The molecule has 0 aromatic carbocycles. The summed E-state index contributed by atoms with van der Waals surface area (Å²) >= 11 is 1.61. The number of hydrogen-bond donors (Lipinski definition) is 2. The van der Waals surface area contributed by atoms with Gasteiger partial charge in [-0.25, -0.2) is 13.8 Å². The third-order valence-electron chi connectivity index (χ3n) is 5.82. The van der Waals surface area contributed by atoms with Crippen LogP contribution in [0.15, 0.2) is 66.4 Å². The predicted molar refractivity (Wildman–Crippen MR) is 154 cm³/mol. The van der Waals surface area contributed by atoms with Crippen LogP contribution >= 0.6 is 11.3 Å². The van der Waals surface area contributed by atoms with E-state index in [4.69, 9.17) is 4.98 Å². The first kappa shape index (κ1) is 32.5. The van der Waals surface area contributed by atoms with E-state index in [9.17, 15) is 13.9 Å². The molecule has 3 atom stereocenters. The van der Waals surface area contributed by atoms with Gasteiger partial charge in [-0.15, -0.1) is 11.3 Å². The van der Waals surface area contributed by atoms with Crippen molar-refractivity contribution in [2.24, 2.45) is 5.73 Å². The van der Waals surface area contributed by atoms with E-state index in [-0.39, 0.29) is 23.6 Å². The zero-order valence-electron chi connectivity index (χ0n) is 23.0. The van der Waals surface area contributed by atoms with Crippen LogP contribution in [0.1, 0.15) is 94.8 Å². The SMILES string of the molecule is C/C=C(\C=C/C(C)c1nc(-c2ccc(C(F)F)nc2)sc1C1C=CCC=CC1)CC(O)CC.CC.CN. The Bertz CT molecular complexity index is 1030. The van der Waals surface area contributed by atoms with Gasteiger partial charge < -0.3 is 10.8 Å². The molecule has 0 amide bonds. The number of pyridine rings is 1. The molecule has 3 N–H and O–H groups in total. The topological polar surface area (TPSA) is 72.0 Å². The third-order valence-corrected chi connectivity index (χ3v) is 7.07. The highest BCUT2D eigenvalue weighted by molar-refractivity contribution is 7.15. The van der Waals surface area contributed by atoms with Gasteiger partial charge in [0.05, 0.1) is 11.8 Å². The van der Waals surface area contributed by atoms with E-state index in [2.05, 4.69) is 54.1 Å². The minimum absolute atomic E-state index is 0.0626. The van der Waals surface area contributed by atoms with Crippen LogP contribution in [0.3, 0.4) is 0 Å². The monoisotopic (exact) mass is 531 g/mol. The molecule has 2 aromatic heterocycles. The predicted octanol–water partition coefficient (Wildman–Crippen LogP) is 8.50. The standard InChI is InChI=1S/C27H32F2N2OS.C2H6.CH5N/c1-4-19(16-22(32)5-2)13-12-18(3)24-25(20-10-8-6-7-9-11-20)33-27(31-24)21-14-15-23(26(28)29)30-17-21;2*1-2/h4,6,8-9,11-15,17-18,20,22,26,32H,5,7,10,16H2,1-3H3;1-2H3;2H2,1H3/b13-12-,19-4+;;. The molecule has 2 aromatic rings. The number of alkyl halides is 2. The van der Waals surface area contributed by atoms with E-state index >= 15 is 0 Å². The maximum atomic E-state index is 12.9. The first-order valence-electron chi connectivity index (χ1n) is 13.1. The number of aromatic nitrogens is 2. The summed E-state index contributed by atoms with van der Waals surface area (Å²) in [6, 6.07) is 3.05. The average molecular weight is 532 g/mol. The highest BCUT2D eigenvalue weighted by Crippen LogP contribution is 2.39. The highest BCUT2D eigenvalue weighted by atomic mass is 32.1. The van der Waals surface area contributed by atoms with Crippen molar-refractivity contribution >= 4 is 11.3 Å². The van der Waals surface area contributed by atoms with Gasteiger partial charge in [0.2, 0.25) is 0 Å². The number of rotatable bonds is 9. The summed E-state index contributed by atoms with van der Waals surface area (Å²) in [4.78, 5) is 10.1. The first-order chi connectivity index (χ1) is 17.9. The molecule has 4 nitrogen and oxygen atoms in total. The van der Waals surface area contributed by atoms with Crippen molar-refractivity contribution in [3.8, 4) is 10.6 Å². The molecule has 0 aliphatic heterocycles.